The summed E-state index contributed by atoms with van der Waals surface area (Å²) in [7, 11) is 1.74. The van der Waals surface area contributed by atoms with Crippen molar-refractivity contribution in [2.45, 2.75) is 6.04 Å². The predicted octanol–water partition coefficient (Wildman–Crippen LogP) is 3.05. The van der Waals surface area contributed by atoms with Gasteiger partial charge in [0.25, 0.3) is 0 Å². The molecule has 2 rings (SSSR count). The van der Waals surface area contributed by atoms with Gasteiger partial charge in [-0.1, -0.05) is 22.0 Å². The molecule has 1 aromatic heterocycles. The van der Waals surface area contributed by atoms with Crippen LogP contribution in [0.25, 0.3) is 0 Å². The fraction of sp³-hybridized carbons (Fsp3) is 0.267. The summed E-state index contributed by atoms with van der Waals surface area (Å²) in [6.45, 7) is 0.926. The highest BCUT2D eigenvalue weighted by molar-refractivity contribution is 9.10. The third-order valence-electron chi connectivity index (χ3n) is 3.00. The molecule has 21 heavy (non-hydrogen) atoms. The molecule has 0 bridgehead atoms. The second kappa shape index (κ2) is 7.59. The van der Waals surface area contributed by atoms with E-state index in [1.54, 1.807) is 11.9 Å². The Morgan fingerprint density at radius 2 is 2.10 bits per heavy atom. The average Bonchev–Trinajstić information content (AvgIpc) is 3.02. The first-order valence-corrected chi connectivity index (χ1v) is 8.17. The number of carbonyl (C=O) groups excluding carboxylic acids is 1. The fourth-order valence-corrected chi connectivity index (χ4v) is 2.75. The van der Waals surface area contributed by atoms with Crippen molar-refractivity contribution in [1.82, 2.24) is 4.90 Å². The minimum Gasteiger partial charge on any atom is -0.492 e. The first-order chi connectivity index (χ1) is 10.1. The van der Waals surface area contributed by atoms with E-state index < -0.39 is 6.04 Å². The van der Waals surface area contributed by atoms with E-state index in [2.05, 4.69) is 15.9 Å². The molecule has 0 aliphatic carbocycles. The van der Waals surface area contributed by atoms with Crippen molar-refractivity contribution >= 4 is 33.2 Å². The first-order valence-electron chi connectivity index (χ1n) is 6.50. The molecule has 2 aromatic rings. The van der Waals surface area contributed by atoms with E-state index in [0.717, 1.165) is 15.1 Å². The smallest absolute Gasteiger partial charge is 0.244 e. The minimum atomic E-state index is -0.595. The fourth-order valence-electron chi connectivity index (χ4n) is 1.77. The lowest BCUT2D eigenvalue weighted by atomic mass is 10.2. The molecule has 1 aromatic carbocycles. The molecule has 0 aliphatic rings. The van der Waals surface area contributed by atoms with Crippen LogP contribution in [0.4, 0.5) is 0 Å². The molecule has 0 aliphatic heterocycles. The van der Waals surface area contributed by atoms with Crippen LogP contribution in [0.2, 0.25) is 0 Å². The Bertz CT molecular complexity index is 572. The number of thiophene rings is 1. The number of amides is 1. The lowest BCUT2D eigenvalue weighted by Gasteiger charge is -2.20. The number of nitrogens with zero attached hydrogens (tertiary/aromatic N) is 1. The van der Waals surface area contributed by atoms with Crippen LogP contribution in [0.15, 0.2) is 46.3 Å². The number of halogens is 1. The molecule has 0 saturated heterocycles. The topological polar surface area (TPSA) is 55.6 Å². The summed E-state index contributed by atoms with van der Waals surface area (Å²) in [5.41, 5.74) is 5.96. The summed E-state index contributed by atoms with van der Waals surface area (Å²) in [6, 6.07) is 10.8. The Balaban J connectivity index is 1.80. The molecular weight excluding hydrogens is 352 g/mol. The summed E-state index contributed by atoms with van der Waals surface area (Å²) in [6.07, 6.45) is 0. The molecule has 0 spiro atoms. The molecule has 0 fully saturated rings. The molecule has 1 heterocycles. The quantitative estimate of drug-likeness (QED) is 0.852. The van der Waals surface area contributed by atoms with E-state index in [1.807, 2.05) is 41.8 Å². The molecule has 1 unspecified atom stereocenters. The van der Waals surface area contributed by atoms with Crippen LogP contribution in [0, 0.1) is 0 Å². The number of rotatable bonds is 6. The number of likely N-dealkylation sites (N-methyl/N-ethyl adjacent to an activating group) is 1. The lowest BCUT2D eigenvalue weighted by Crippen LogP contribution is -2.37. The van der Waals surface area contributed by atoms with Gasteiger partial charge in [0.05, 0.1) is 6.54 Å². The van der Waals surface area contributed by atoms with Gasteiger partial charge in [-0.3, -0.25) is 4.79 Å². The zero-order valence-electron chi connectivity index (χ0n) is 11.7. The monoisotopic (exact) mass is 368 g/mol. The standard InChI is InChI=1S/C15H17BrN2O2S/c1-18(15(19)14(17)13-3-2-10-21-13)8-9-20-12-6-4-11(16)5-7-12/h2-7,10,14H,8-9,17H2,1H3. The third-order valence-corrected chi connectivity index (χ3v) is 4.49. The van der Waals surface area contributed by atoms with Gasteiger partial charge in [-0.2, -0.15) is 0 Å². The number of hydrogen-bond donors (Lipinski definition) is 1. The highest BCUT2D eigenvalue weighted by atomic mass is 79.9. The van der Waals surface area contributed by atoms with Gasteiger partial charge in [0.2, 0.25) is 5.91 Å². The van der Waals surface area contributed by atoms with E-state index >= 15 is 0 Å². The van der Waals surface area contributed by atoms with Crippen molar-refractivity contribution in [2.24, 2.45) is 5.73 Å². The maximum absolute atomic E-state index is 12.2. The van der Waals surface area contributed by atoms with Gasteiger partial charge in [0.15, 0.2) is 0 Å². The Morgan fingerprint density at radius 1 is 1.38 bits per heavy atom. The van der Waals surface area contributed by atoms with Crippen LogP contribution in [0.3, 0.4) is 0 Å². The van der Waals surface area contributed by atoms with E-state index in [0.29, 0.717) is 13.2 Å². The average molecular weight is 369 g/mol. The van der Waals surface area contributed by atoms with E-state index in [9.17, 15) is 4.79 Å². The van der Waals surface area contributed by atoms with Gasteiger partial charge in [-0.15, -0.1) is 11.3 Å². The molecule has 4 nitrogen and oxygen atoms in total. The normalized spacial score (nSPS) is 12.0. The Hall–Kier alpha value is -1.37. The Kier molecular flexibility index (Phi) is 5.78. The van der Waals surface area contributed by atoms with E-state index in [-0.39, 0.29) is 5.91 Å². The third kappa shape index (κ3) is 4.56. The molecule has 0 saturated carbocycles. The molecule has 1 atom stereocenters. The summed E-state index contributed by atoms with van der Waals surface area (Å²) >= 11 is 4.86. The van der Waals surface area contributed by atoms with Crippen molar-refractivity contribution in [1.29, 1.82) is 0 Å². The Morgan fingerprint density at radius 3 is 2.71 bits per heavy atom. The highest BCUT2D eigenvalue weighted by Gasteiger charge is 2.20. The van der Waals surface area contributed by atoms with Gasteiger partial charge < -0.3 is 15.4 Å². The van der Waals surface area contributed by atoms with Gasteiger partial charge in [0, 0.05) is 16.4 Å². The van der Waals surface area contributed by atoms with Crippen molar-refractivity contribution in [3.05, 3.63) is 51.1 Å². The van der Waals surface area contributed by atoms with Gasteiger partial charge >= 0.3 is 0 Å². The number of nitrogens with two attached hydrogens (primary N) is 1. The summed E-state index contributed by atoms with van der Waals surface area (Å²) in [5, 5.41) is 1.92. The molecule has 0 radical (unpaired) electrons. The van der Waals surface area contributed by atoms with Crippen molar-refractivity contribution in [2.75, 3.05) is 20.2 Å². The van der Waals surface area contributed by atoms with Crippen LogP contribution in [-0.2, 0) is 4.79 Å². The highest BCUT2D eigenvalue weighted by Crippen LogP contribution is 2.19. The zero-order valence-corrected chi connectivity index (χ0v) is 14.1. The van der Waals surface area contributed by atoms with Crippen LogP contribution in [-0.4, -0.2) is 31.0 Å². The second-order valence-electron chi connectivity index (χ2n) is 4.56. The first kappa shape index (κ1) is 16.0. The maximum atomic E-state index is 12.2. The summed E-state index contributed by atoms with van der Waals surface area (Å²) in [4.78, 5) is 14.7. The van der Waals surface area contributed by atoms with Crippen LogP contribution in [0.5, 0.6) is 5.75 Å². The lowest BCUT2D eigenvalue weighted by molar-refractivity contribution is -0.131. The van der Waals surface area contributed by atoms with Crippen LogP contribution >= 0.6 is 27.3 Å². The molecule has 1 amide bonds. The molecule has 2 N–H and O–H groups in total. The second-order valence-corrected chi connectivity index (χ2v) is 6.45. The molecule has 6 heteroatoms. The van der Waals surface area contributed by atoms with Crippen LogP contribution in [0.1, 0.15) is 10.9 Å². The minimum absolute atomic E-state index is 0.100. The van der Waals surface area contributed by atoms with E-state index in [4.69, 9.17) is 10.5 Å². The van der Waals surface area contributed by atoms with Crippen molar-refractivity contribution in [3.63, 3.8) is 0 Å². The van der Waals surface area contributed by atoms with Crippen molar-refractivity contribution < 1.29 is 9.53 Å². The number of carbonyl (C=O) groups is 1. The molecule has 112 valence electrons. The van der Waals surface area contributed by atoms with Gasteiger partial charge in [0.1, 0.15) is 18.4 Å². The summed E-state index contributed by atoms with van der Waals surface area (Å²) < 4.78 is 6.60. The SMILES string of the molecule is CN(CCOc1ccc(Br)cc1)C(=O)C(N)c1cccs1. The predicted molar refractivity (Wildman–Crippen MR) is 88.5 cm³/mol. The number of benzene rings is 1. The zero-order chi connectivity index (χ0) is 15.2. The number of ether oxygens (including phenoxy) is 1. The Labute approximate surface area is 136 Å². The van der Waals surface area contributed by atoms with Gasteiger partial charge in [-0.25, -0.2) is 0 Å². The summed E-state index contributed by atoms with van der Waals surface area (Å²) in [5.74, 6) is 0.679. The van der Waals surface area contributed by atoms with Crippen molar-refractivity contribution in [3.8, 4) is 5.75 Å². The largest absolute Gasteiger partial charge is 0.492 e. The van der Waals surface area contributed by atoms with Gasteiger partial charge in [-0.05, 0) is 35.7 Å². The van der Waals surface area contributed by atoms with E-state index in [1.165, 1.54) is 11.3 Å². The number of hydrogen-bond acceptors (Lipinski definition) is 4. The maximum Gasteiger partial charge on any atom is 0.244 e. The van der Waals surface area contributed by atoms with Crippen LogP contribution < -0.4 is 10.5 Å². The molecular formula is C15H17BrN2O2S.